The third kappa shape index (κ3) is 5.35. The number of nitrogens with one attached hydrogen (secondary N) is 2. The van der Waals surface area contributed by atoms with Crippen LogP contribution in [0, 0.1) is 0 Å². The maximum absolute atomic E-state index is 12.6. The first-order valence-electron chi connectivity index (χ1n) is 7.74. The molecule has 0 heterocycles. The number of rotatable bonds is 7. The van der Waals surface area contributed by atoms with E-state index in [9.17, 15) is 13.2 Å². The van der Waals surface area contributed by atoms with Crippen LogP contribution in [0.5, 0.6) is 5.75 Å². The molecule has 2 aromatic rings. The fraction of sp³-hybridized carbons (Fsp3) is 0.235. The molecule has 0 spiro atoms. The first kappa shape index (κ1) is 20.5. The molecular weight excluding hydrogens is 399 g/mol. The number of benzene rings is 2. The van der Waals surface area contributed by atoms with Crippen LogP contribution in [0.2, 0.25) is 10.0 Å². The maximum atomic E-state index is 12.6. The van der Waals surface area contributed by atoms with E-state index >= 15 is 0 Å². The van der Waals surface area contributed by atoms with Crippen LogP contribution in [0.4, 0.5) is 5.69 Å². The molecule has 1 unspecified atom stereocenters. The van der Waals surface area contributed by atoms with Gasteiger partial charge in [0.1, 0.15) is 10.6 Å². The van der Waals surface area contributed by atoms with Gasteiger partial charge in [-0.1, -0.05) is 23.2 Å². The molecule has 0 aliphatic carbocycles. The van der Waals surface area contributed by atoms with Crippen LogP contribution in [0.1, 0.15) is 13.8 Å². The van der Waals surface area contributed by atoms with Gasteiger partial charge in [0.15, 0.2) is 0 Å². The van der Waals surface area contributed by atoms with E-state index in [1.54, 1.807) is 31.2 Å². The lowest BCUT2D eigenvalue weighted by Gasteiger charge is -2.16. The molecule has 0 saturated heterocycles. The highest BCUT2D eigenvalue weighted by molar-refractivity contribution is 7.89. The van der Waals surface area contributed by atoms with Crippen LogP contribution in [-0.4, -0.2) is 27.0 Å². The molecule has 0 aliphatic heterocycles. The van der Waals surface area contributed by atoms with E-state index in [-0.39, 0.29) is 22.3 Å². The Balaban J connectivity index is 2.16. The Labute approximate surface area is 162 Å². The number of sulfonamides is 1. The minimum Gasteiger partial charge on any atom is -0.492 e. The van der Waals surface area contributed by atoms with Crippen LogP contribution in [0.15, 0.2) is 47.4 Å². The van der Waals surface area contributed by atoms with Gasteiger partial charge in [-0.2, -0.15) is 4.72 Å². The Hall–Kier alpha value is -1.80. The Morgan fingerprint density at radius 3 is 2.35 bits per heavy atom. The molecule has 0 aromatic heterocycles. The fourth-order valence-electron chi connectivity index (χ4n) is 2.10. The van der Waals surface area contributed by atoms with E-state index in [0.29, 0.717) is 10.7 Å². The smallest absolute Gasteiger partial charge is 0.245 e. The predicted molar refractivity (Wildman–Crippen MR) is 102 cm³/mol. The molecule has 9 heteroatoms. The van der Waals surface area contributed by atoms with Gasteiger partial charge in [0, 0.05) is 15.7 Å². The van der Waals surface area contributed by atoms with Crippen LogP contribution >= 0.6 is 23.2 Å². The van der Waals surface area contributed by atoms with Crippen molar-refractivity contribution in [3.8, 4) is 5.75 Å². The second-order valence-electron chi connectivity index (χ2n) is 5.36. The number of carbonyl (C=O) groups is 1. The number of carbonyl (C=O) groups excluding carboxylic acids is 1. The van der Waals surface area contributed by atoms with Crippen molar-refractivity contribution in [1.82, 2.24) is 4.72 Å². The predicted octanol–water partition coefficient (Wildman–Crippen LogP) is 3.70. The summed E-state index contributed by atoms with van der Waals surface area (Å²) in [6.07, 6.45) is 0. The molecule has 0 bridgehead atoms. The van der Waals surface area contributed by atoms with Gasteiger partial charge in [0.2, 0.25) is 15.9 Å². The third-order valence-corrected chi connectivity index (χ3v) is 5.38. The first-order valence-corrected chi connectivity index (χ1v) is 9.98. The second-order valence-corrected chi connectivity index (χ2v) is 7.92. The summed E-state index contributed by atoms with van der Waals surface area (Å²) in [6, 6.07) is 9.72. The van der Waals surface area contributed by atoms with Gasteiger partial charge in [-0.15, -0.1) is 0 Å². The Morgan fingerprint density at radius 2 is 1.73 bits per heavy atom. The van der Waals surface area contributed by atoms with E-state index in [1.165, 1.54) is 25.1 Å². The highest BCUT2D eigenvalue weighted by Crippen LogP contribution is 2.27. The van der Waals surface area contributed by atoms with Crippen molar-refractivity contribution >= 4 is 44.8 Å². The first-order chi connectivity index (χ1) is 12.2. The van der Waals surface area contributed by atoms with Gasteiger partial charge >= 0.3 is 0 Å². The summed E-state index contributed by atoms with van der Waals surface area (Å²) in [7, 11) is -4.02. The van der Waals surface area contributed by atoms with Crippen molar-refractivity contribution in [2.45, 2.75) is 24.8 Å². The van der Waals surface area contributed by atoms with Gasteiger partial charge in [-0.25, -0.2) is 8.42 Å². The molecule has 1 amide bonds. The monoisotopic (exact) mass is 416 g/mol. The lowest BCUT2D eigenvalue weighted by molar-refractivity contribution is -0.117. The minimum absolute atomic E-state index is 0.127. The number of halogens is 2. The Morgan fingerprint density at radius 1 is 1.12 bits per heavy atom. The molecule has 0 aliphatic rings. The summed E-state index contributed by atoms with van der Waals surface area (Å²) in [5.41, 5.74) is 0.503. The van der Waals surface area contributed by atoms with E-state index in [1.807, 2.05) is 0 Å². The highest BCUT2D eigenvalue weighted by atomic mass is 35.5. The van der Waals surface area contributed by atoms with Gasteiger partial charge in [-0.05, 0) is 56.3 Å². The summed E-state index contributed by atoms with van der Waals surface area (Å²) in [5.74, 6) is -0.356. The molecule has 0 saturated carbocycles. The average molecular weight is 417 g/mol. The van der Waals surface area contributed by atoms with Crippen molar-refractivity contribution in [2.75, 3.05) is 11.9 Å². The maximum Gasteiger partial charge on any atom is 0.245 e. The Kier molecular flexibility index (Phi) is 6.88. The van der Waals surface area contributed by atoms with Gasteiger partial charge in [-0.3, -0.25) is 4.79 Å². The normalized spacial score (nSPS) is 12.5. The lowest BCUT2D eigenvalue weighted by atomic mass is 10.3. The molecule has 1 atom stereocenters. The van der Waals surface area contributed by atoms with Crippen LogP contribution in [0.25, 0.3) is 0 Å². The van der Waals surface area contributed by atoms with Crippen LogP contribution in [-0.2, 0) is 14.8 Å². The largest absolute Gasteiger partial charge is 0.492 e. The van der Waals surface area contributed by atoms with Gasteiger partial charge < -0.3 is 10.1 Å². The van der Waals surface area contributed by atoms with E-state index in [2.05, 4.69) is 10.0 Å². The van der Waals surface area contributed by atoms with E-state index in [4.69, 9.17) is 27.9 Å². The zero-order chi connectivity index (χ0) is 19.3. The molecule has 2 rings (SSSR count). The number of ether oxygens (including phenoxy) is 1. The van der Waals surface area contributed by atoms with Crippen molar-refractivity contribution in [3.05, 3.63) is 52.5 Å². The van der Waals surface area contributed by atoms with Crippen molar-refractivity contribution in [2.24, 2.45) is 0 Å². The minimum atomic E-state index is -4.02. The summed E-state index contributed by atoms with van der Waals surface area (Å²) in [5, 5.41) is 3.38. The average Bonchev–Trinajstić information content (AvgIpc) is 2.58. The van der Waals surface area contributed by atoms with E-state index in [0.717, 1.165) is 0 Å². The van der Waals surface area contributed by atoms with Crippen molar-refractivity contribution in [3.63, 3.8) is 0 Å². The zero-order valence-corrected chi connectivity index (χ0v) is 16.5. The number of hydrogen-bond donors (Lipinski definition) is 2. The summed E-state index contributed by atoms with van der Waals surface area (Å²) in [4.78, 5) is 12.1. The standard InChI is InChI=1S/C17H18Cl2N2O4S/c1-3-25-15-9-6-13(19)10-16(15)26(23,24)21-11(2)17(22)20-14-7-4-12(18)5-8-14/h4-11,21H,3H2,1-2H3,(H,20,22). The molecule has 2 aromatic carbocycles. The molecule has 0 radical (unpaired) electrons. The lowest BCUT2D eigenvalue weighted by Crippen LogP contribution is -2.41. The number of anilines is 1. The quantitative estimate of drug-likeness (QED) is 0.720. The number of amides is 1. The number of hydrogen-bond acceptors (Lipinski definition) is 4. The van der Waals surface area contributed by atoms with Crippen LogP contribution < -0.4 is 14.8 Å². The van der Waals surface area contributed by atoms with Gasteiger partial charge in [0.25, 0.3) is 0 Å². The summed E-state index contributed by atoms with van der Waals surface area (Å²) >= 11 is 11.7. The van der Waals surface area contributed by atoms with Crippen molar-refractivity contribution in [1.29, 1.82) is 0 Å². The van der Waals surface area contributed by atoms with Crippen molar-refractivity contribution < 1.29 is 17.9 Å². The second kappa shape index (κ2) is 8.73. The molecule has 26 heavy (non-hydrogen) atoms. The third-order valence-electron chi connectivity index (χ3n) is 3.33. The topological polar surface area (TPSA) is 84.5 Å². The SMILES string of the molecule is CCOc1ccc(Cl)cc1S(=O)(=O)NC(C)C(=O)Nc1ccc(Cl)cc1. The molecular formula is C17H18Cl2N2O4S. The van der Waals surface area contributed by atoms with E-state index < -0.39 is 22.0 Å². The molecule has 6 nitrogen and oxygen atoms in total. The Bertz CT molecular complexity index is 886. The van der Waals surface area contributed by atoms with Gasteiger partial charge in [0.05, 0.1) is 12.6 Å². The van der Waals surface area contributed by atoms with Crippen LogP contribution in [0.3, 0.4) is 0 Å². The molecule has 140 valence electrons. The summed E-state index contributed by atoms with van der Waals surface area (Å²) in [6.45, 7) is 3.46. The highest BCUT2D eigenvalue weighted by Gasteiger charge is 2.25. The fourth-order valence-corrected chi connectivity index (χ4v) is 3.84. The molecule has 2 N–H and O–H groups in total. The zero-order valence-electron chi connectivity index (χ0n) is 14.1. The summed E-state index contributed by atoms with van der Waals surface area (Å²) < 4.78 is 33.0. The molecule has 0 fully saturated rings.